The van der Waals surface area contributed by atoms with Crippen LogP contribution in [-0.4, -0.2) is 17.4 Å². The van der Waals surface area contributed by atoms with Crippen LogP contribution in [0.2, 0.25) is 0 Å². The highest BCUT2D eigenvalue weighted by Crippen LogP contribution is 2.22. The van der Waals surface area contributed by atoms with Crippen molar-refractivity contribution >= 4 is 33.5 Å². The second-order valence-electron chi connectivity index (χ2n) is 3.35. The third kappa shape index (κ3) is 3.65. The molecule has 3 heteroatoms. The molecule has 0 aliphatic rings. The van der Waals surface area contributed by atoms with Gasteiger partial charge in [0.1, 0.15) is 5.78 Å². The third-order valence-electron chi connectivity index (χ3n) is 2.28. The van der Waals surface area contributed by atoms with Crippen molar-refractivity contribution < 1.29 is 4.79 Å². The van der Waals surface area contributed by atoms with Crippen molar-refractivity contribution in [1.29, 1.82) is 0 Å². The third-order valence-corrected chi connectivity index (χ3v) is 3.73. The molecule has 0 bridgehead atoms. The Kier molecular flexibility index (Phi) is 5.40. The molecule has 0 unspecified atom stereocenters. The first-order valence-corrected chi connectivity index (χ1v) is 7.29. The summed E-state index contributed by atoms with van der Waals surface area (Å²) in [6.07, 6.45) is 3.65. The number of alkyl halides is 1. The number of aryl methyl sites for hydroxylation is 1. The normalized spacial score (nSPS) is 10.3. The van der Waals surface area contributed by atoms with Gasteiger partial charge in [-0.3, -0.25) is 4.79 Å². The van der Waals surface area contributed by atoms with Crippen LogP contribution in [0.15, 0.2) is 23.1 Å². The molecule has 82 valence electrons. The van der Waals surface area contributed by atoms with Gasteiger partial charge in [0.2, 0.25) is 0 Å². The minimum absolute atomic E-state index is 0.228. The van der Waals surface area contributed by atoms with Crippen LogP contribution >= 0.6 is 27.7 Å². The fourth-order valence-corrected chi connectivity index (χ4v) is 2.41. The lowest BCUT2D eigenvalue weighted by molar-refractivity contribution is -0.115. The largest absolute Gasteiger partial charge is 0.298 e. The lowest BCUT2D eigenvalue weighted by Gasteiger charge is -2.07. The topological polar surface area (TPSA) is 17.1 Å². The quantitative estimate of drug-likeness (QED) is 0.609. The summed E-state index contributed by atoms with van der Waals surface area (Å²) in [7, 11) is 0. The Morgan fingerprint density at radius 2 is 2.20 bits per heavy atom. The Hall–Kier alpha value is -0.280. The number of benzene rings is 1. The van der Waals surface area contributed by atoms with E-state index in [1.807, 2.05) is 0 Å². The molecule has 0 radical (unpaired) electrons. The smallest absolute Gasteiger partial charge is 0.147 e. The maximum atomic E-state index is 11.3. The summed E-state index contributed by atoms with van der Waals surface area (Å²) in [5.74, 6) is 0.228. The van der Waals surface area contributed by atoms with Crippen molar-refractivity contribution in [2.45, 2.75) is 24.7 Å². The molecule has 0 N–H and O–H groups in total. The Morgan fingerprint density at radius 3 is 2.73 bits per heavy atom. The van der Waals surface area contributed by atoms with E-state index in [0.717, 1.165) is 12.0 Å². The first-order chi connectivity index (χ1) is 7.21. The number of thioether (sulfide) groups is 1. The maximum Gasteiger partial charge on any atom is 0.147 e. The van der Waals surface area contributed by atoms with Gasteiger partial charge in [-0.15, -0.1) is 11.8 Å². The van der Waals surface area contributed by atoms with Crippen LogP contribution < -0.4 is 0 Å². The van der Waals surface area contributed by atoms with E-state index < -0.39 is 0 Å². The number of hydrogen-bond acceptors (Lipinski definition) is 2. The van der Waals surface area contributed by atoms with Crippen molar-refractivity contribution in [1.82, 2.24) is 0 Å². The monoisotopic (exact) mass is 286 g/mol. The van der Waals surface area contributed by atoms with E-state index in [-0.39, 0.29) is 5.78 Å². The second-order valence-corrected chi connectivity index (χ2v) is 4.76. The molecule has 0 fully saturated rings. The summed E-state index contributed by atoms with van der Waals surface area (Å²) in [5.41, 5.74) is 2.47. The predicted molar refractivity (Wildman–Crippen MR) is 70.1 cm³/mol. The SMILES string of the molecule is CCc1ccc(CC(=O)CBr)cc1SC. The Labute approximate surface area is 104 Å². The number of Topliss-reactive ketones (excluding diaryl/α,β-unsaturated/α-hetero) is 1. The van der Waals surface area contributed by atoms with E-state index in [1.165, 1.54) is 10.5 Å². The van der Waals surface area contributed by atoms with Crippen molar-refractivity contribution in [3.05, 3.63) is 29.3 Å². The fourth-order valence-electron chi connectivity index (χ4n) is 1.47. The number of halogens is 1. The van der Waals surface area contributed by atoms with Gasteiger partial charge in [0, 0.05) is 11.3 Å². The number of carbonyl (C=O) groups excluding carboxylic acids is 1. The molecule has 0 saturated heterocycles. The lowest BCUT2D eigenvalue weighted by atomic mass is 10.1. The molecule has 0 atom stereocenters. The summed E-state index contributed by atoms with van der Waals surface area (Å²) in [6, 6.07) is 6.31. The van der Waals surface area contributed by atoms with Gasteiger partial charge < -0.3 is 0 Å². The van der Waals surface area contributed by atoms with Gasteiger partial charge >= 0.3 is 0 Å². The summed E-state index contributed by atoms with van der Waals surface area (Å²) in [5, 5.41) is 0.442. The summed E-state index contributed by atoms with van der Waals surface area (Å²) in [6.45, 7) is 2.15. The van der Waals surface area contributed by atoms with Crippen LogP contribution in [0, 0.1) is 0 Å². The molecule has 0 saturated carbocycles. The van der Waals surface area contributed by atoms with Gasteiger partial charge in [0.05, 0.1) is 5.33 Å². The number of hydrogen-bond donors (Lipinski definition) is 0. The molecule has 1 rings (SSSR count). The van der Waals surface area contributed by atoms with Crippen LogP contribution in [0.4, 0.5) is 0 Å². The minimum atomic E-state index is 0.228. The molecule has 0 aromatic heterocycles. The zero-order valence-corrected chi connectivity index (χ0v) is 11.5. The van der Waals surface area contributed by atoms with Crippen LogP contribution in [0.1, 0.15) is 18.1 Å². The van der Waals surface area contributed by atoms with Gasteiger partial charge in [0.15, 0.2) is 0 Å². The number of carbonyl (C=O) groups is 1. The van der Waals surface area contributed by atoms with Gasteiger partial charge in [-0.25, -0.2) is 0 Å². The Balaban J connectivity index is 2.88. The highest BCUT2D eigenvalue weighted by Gasteiger charge is 2.05. The first kappa shape index (κ1) is 12.8. The van der Waals surface area contributed by atoms with Crippen molar-refractivity contribution in [3.63, 3.8) is 0 Å². The van der Waals surface area contributed by atoms with E-state index >= 15 is 0 Å². The molecular formula is C12H15BrOS. The van der Waals surface area contributed by atoms with Gasteiger partial charge in [-0.2, -0.15) is 0 Å². The summed E-state index contributed by atoms with van der Waals surface area (Å²) >= 11 is 4.93. The molecule has 1 nitrogen and oxygen atoms in total. The van der Waals surface area contributed by atoms with Gasteiger partial charge in [-0.1, -0.05) is 35.0 Å². The molecule has 15 heavy (non-hydrogen) atoms. The standard InChI is InChI=1S/C12H15BrOS/c1-3-10-5-4-9(6-11(14)8-13)7-12(10)15-2/h4-5,7H,3,6,8H2,1-2H3. The molecular weight excluding hydrogens is 272 g/mol. The molecule has 0 spiro atoms. The highest BCUT2D eigenvalue weighted by molar-refractivity contribution is 9.09. The summed E-state index contributed by atoms with van der Waals surface area (Å²) in [4.78, 5) is 12.6. The zero-order valence-electron chi connectivity index (χ0n) is 9.05. The van der Waals surface area contributed by atoms with Crippen LogP contribution in [0.3, 0.4) is 0 Å². The Bertz CT molecular complexity index is 349. The highest BCUT2D eigenvalue weighted by atomic mass is 79.9. The number of ketones is 1. The van der Waals surface area contributed by atoms with E-state index in [9.17, 15) is 4.79 Å². The Morgan fingerprint density at radius 1 is 1.47 bits per heavy atom. The van der Waals surface area contributed by atoms with Crippen LogP contribution in [-0.2, 0) is 17.6 Å². The van der Waals surface area contributed by atoms with Crippen molar-refractivity contribution in [3.8, 4) is 0 Å². The van der Waals surface area contributed by atoms with E-state index in [2.05, 4.69) is 47.3 Å². The minimum Gasteiger partial charge on any atom is -0.298 e. The molecule has 0 aliphatic carbocycles. The fraction of sp³-hybridized carbons (Fsp3) is 0.417. The van der Waals surface area contributed by atoms with Crippen LogP contribution in [0.5, 0.6) is 0 Å². The van der Waals surface area contributed by atoms with E-state index in [0.29, 0.717) is 11.8 Å². The lowest BCUT2D eigenvalue weighted by Crippen LogP contribution is -2.03. The molecule has 0 amide bonds. The maximum absolute atomic E-state index is 11.3. The molecule has 1 aromatic rings. The molecule has 0 heterocycles. The van der Waals surface area contributed by atoms with E-state index in [4.69, 9.17) is 0 Å². The summed E-state index contributed by atoms with van der Waals surface area (Å²) < 4.78 is 0. The molecule has 1 aromatic carbocycles. The number of rotatable bonds is 5. The predicted octanol–water partition coefficient (Wildman–Crippen LogP) is 3.48. The second kappa shape index (κ2) is 6.33. The average Bonchev–Trinajstić information content (AvgIpc) is 2.28. The van der Waals surface area contributed by atoms with Crippen LogP contribution in [0.25, 0.3) is 0 Å². The average molecular weight is 287 g/mol. The van der Waals surface area contributed by atoms with Gasteiger partial charge in [0.25, 0.3) is 0 Å². The zero-order chi connectivity index (χ0) is 11.3. The van der Waals surface area contributed by atoms with Crippen molar-refractivity contribution in [2.75, 3.05) is 11.6 Å². The first-order valence-electron chi connectivity index (χ1n) is 4.94. The molecule has 0 aliphatic heterocycles. The van der Waals surface area contributed by atoms with E-state index in [1.54, 1.807) is 11.8 Å². The van der Waals surface area contributed by atoms with Gasteiger partial charge in [-0.05, 0) is 29.9 Å². The van der Waals surface area contributed by atoms with Crippen molar-refractivity contribution in [2.24, 2.45) is 0 Å².